The number of amides is 1. The largest absolute Gasteiger partial charge is 0.394 e. The van der Waals surface area contributed by atoms with E-state index in [9.17, 15) is 24.9 Å². The molecule has 2 heterocycles. The first-order valence-corrected chi connectivity index (χ1v) is 6.59. The number of aliphatic hydroxyl groups is 3. The molecule has 122 valence electrons. The van der Waals surface area contributed by atoms with Crippen molar-refractivity contribution in [2.24, 2.45) is 0 Å². The summed E-state index contributed by atoms with van der Waals surface area (Å²) in [6.07, 6.45) is -3.96. The Morgan fingerprint density at radius 3 is 2.73 bits per heavy atom. The lowest BCUT2D eigenvalue weighted by Gasteiger charge is -2.42. The summed E-state index contributed by atoms with van der Waals surface area (Å²) in [4.78, 5) is 26.5. The van der Waals surface area contributed by atoms with E-state index < -0.39 is 48.8 Å². The average molecular weight is 314 g/mol. The van der Waals surface area contributed by atoms with Crippen LogP contribution in [0.3, 0.4) is 0 Å². The Kier molecular flexibility index (Phi) is 4.76. The summed E-state index contributed by atoms with van der Waals surface area (Å²) in [6.45, 7) is 0.705. The second-order valence-corrected chi connectivity index (χ2v) is 5.00. The standard InChI is InChI=1S/C12H18N4O6/c1-5(18)14-8-6(4-17)22-11(10(20)9(8)19)16-3-2-7(13)15-12(16)21/h2-3,6,8-11,17,19-20H,4H2,1H3,(H,14,18)(H2,13,15,21)/t6-,8-,9+,10-,11-/m1/s1. The van der Waals surface area contributed by atoms with Gasteiger partial charge in [0.15, 0.2) is 6.23 Å². The number of carbonyl (C=O) groups is 1. The van der Waals surface area contributed by atoms with Crippen LogP contribution in [0.25, 0.3) is 0 Å². The van der Waals surface area contributed by atoms with E-state index in [0.717, 1.165) is 4.57 Å². The molecule has 6 N–H and O–H groups in total. The van der Waals surface area contributed by atoms with Gasteiger partial charge in [-0.15, -0.1) is 0 Å². The van der Waals surface area contributed by atoms with Crippen LogP contribution >= 0.6 is 0 Å². The summed E-state index contributed by atoms with van der Waals surface area (Å²) in [6, 6.07) is 0.323. The van der Waals surface area contributed by atoms with Crippen molar-refractivity contribution in [3.05, 3.63) is 22.7 Å². The van der Waals surface area contributed by atoms with Crippen molar-refractivity contribution < 1.29 is 24.9 Å². The third-order valence-corrected chi connectivity index (χ3v) is 3.40. The number of hydrogen-bond acceptors (Lipinski definition) is 8. The molecular formula is C12H18N4O6. The zero-order valence-corrected chi connectivity index (χ0v) is 11.8. The number of nitrogen functional groups attached to an aromatic ring is 1. The minimum atomic E-state index is -1.51. The fourth-order valence-electron chi connectivity index (χ4n) is 2.36. The number of aliphatic hydroxyl groups excluding tert-OH is 3. The molecule has 10 heteroatoms. The Morgan fingerprint density at radius 1 is 1.50 bits per heavy atom. The first-order chi connectivity index (χ1) is 10.3. The number of anilines is 1. The topological polar surface area (TPSA) is 160 Å². The van der Waals surface area contributed by atoms with Crippen molar-refractivity contribution in [2.45, 2.75) is 37.5 Å². The number of hydrogen-bond donors (Lipinski definition) is 5. The van der Waals surface area contributed by atoms with E-state index in [4.69, 9.17) is 10.5 Å². The van der Waals surface area contributed by atoms with Gasteiger partial charge < -0.3 is 31.1 Å². The van der Waals surface area contributed by atoms with Crippen molar-refractivity contribution >= 4 is 11.7 Å². The third kappa shape index (κ3) is 3.09. The van der Waals surface area contributed by atoms with E-state index in [1.165, 1.54) is 19.2 Å². The molecule has 5 atom stereocenters. The highest BCUT2D eigenvalue weighted by atomic mass is 16.5. The molecule has 1 saturated heterocycles. The first-order valence-electron chi connectivity index (χ1n) is 6.59. The molecule has 0 radical (unpaired) electrons. The Morgan fingerprint density at radius 2 is 2.18 bits per heavy atom. The molecule has 0 bridgehead atoms. The Bertz CT molecular complexity index is 604. The summed E-state index contributed by atoms with van der Waals surface area (Å²) < 4.78 is 6.40. The predicted octanol–water partition coefficient (Wildman–Crippen LogP) is -3.06. The SMILES string of the molecule is CC(=O)N[C@H]1[C@H](O)[C@@H](O)[C@H](n2ccc(N)nc2=O)O[C@@H]1CO. The highest BCUT2D eigenvalue weighted by Crippen LogP contribution is 2.27. The van der Waals surface area contributed by atoms with Crippen LogP contribution in [-0.4, -0.2) is 61.7 Å². The van der Waals surface area contributed by atoms with Gasteiger partial charge in [0.05, 0.1) is 12.6 Å². The van der Waals surface area contributed by atoms with Gasteiger partial charge in [-0.1, -0.05) is 0 Å². The predicted molar refractivity (Wildman–Crippen MR) is 73.5 cm³/mol. The number of nitrogens with two attached hydrogens (primary N) is 1. The van der Waals surface area contributed by atoms with Crippen molar-refractivity contribution in [1.82, 2.24) is 14.9 Å². The molecule has 1 amide bonds. The van der Waals surface area contributed by atoms with Crippen LogP contribution in [0.5, 0.6) is 0 Å². The highest BCUT2D eigenvalue weighted by molar-refractivity contribution is 5.73. The average Bonchev–Trinajstić information content (AvgIpc) is 2.45. The summed E-state index contributed by atoms with van der Waals surface area (Å²) >= 11 is 0. The zero-order chi connectivity index (χ0) is 16.4. The lowest BCUT2D eigenvalue weighted by Crippen LogP contribution is -2.63. The molecule has 1 aliphatic heterocycles. The minimum Gasteiger partial charge on any atom is -0.394 e. The van der Waals surface area contributed by atoms with Crippen LogP contribution in [0.1, 0.15) is 13.2 Å². The van der Waals surface area contributed by atoms with Gasteiger partial charge in [0.1, 0.15) is 24.1 Å². The molecule has 1 aromatic rings. The van der Waals surface area contributed by atoms with E-state index in [-0.39, 0.29) is 5.82 Å². The number of aromatic nitrogens is 2. The second kappa shape index (κ2) is 6.40. The van der Waals surface area contributed by atoms with Gasteiger partial charge in [-0.05, 0) is 6.07 Å². The molecule has 22 heavy (non-hydrogen) atoms. The monoisotopic (exact) mass is 314 g/mol. The summed E-state index contributed by atoms with van der Waals surface area (Å²) in [5.41, 5.74) is 4.61. The minimum absolute atomic E-state index is 0.00179. The number of nitrogens with one attached hydrogen (secondary N) is 1. The van der Waals surface area contributed by atoms with Gasteiger partial charge in [-0.3, -0.25) is 9.36 Å². The Labute approximate surface area is 125 Å². The van der Waals surface area contributed by atoms with E-state index in [1.54, 1.807) is 0 Å². The zero-order valence-electron chi connectivity index (χ0n) is 11.8. The Balaban J connectivity index is 2.32. The lowest BCUT2D eigenvalue weighted by atomic mass is 9.95. The fourth-order valence-corrected chi connectivity index (χ4v) is 2.36. The van der Waals surface area contributed by atoms with Gasteiger partial charge in [0.25, 0.3) is 0 Å². The van der Waals surface area contributed by atoms with Crippen molar-refractivity contribution in [1.29, 1.82) is 0 Å². The fraction of sp³-hybridized carbons (Fsp3) is 0.583. The number of carbonyl (C=O) groups excluding carboxylic acids is 1. The molecule has 10 nitrogen and oxygen atoms in total. The maximum absolute atomic E-state index is 11.8. The number of rotatable bonds is 3. The van der Waals surface area contributed by atoms with E-state index in [1.807, 2.05) is 0 Å². The maximum Gasteiger partial charge on any atom is 0.351 e. The number of nitrogens with zero attached hydrogens (tertiary/aromatic N) is 2. The molecule has 1 aromatic heterocycles. The number of ether oxygens (including phenoxy) is 1. The summed E-state index contributed by atoms with van der Waals surface area (Å²) in [7, 11) is 0. The van der Waals surface area contributed by atoms with Gasteiger partial charge >= 0.3 is 5.69 Å². The maximum atomic E-state index is 11.8. The molecule has 2 rings (SSSR count). The van der Waals surface area contributed by atoms with E-state index in [2.05, 4.69) is 10.3 Å². The molecule has 0 unspecified atom stereocenters. The van der Waals surface area contributed by atoms with E-state index >= 15 is 0 Å². The van der Waals surface area contributed by atoms with E-state index in [0.29, 0.717) is 0 Å². The molecule has 1 aliphatic rings. The van der Waals surface area contributed by atoms with Gasteiger partial charge in [0.2, 0.25) is 5.91 Å². The highest BCUT2D eigenvalue weighted by Gasteiger charge is 2.45. The van der Waals surface area contributed by atoms with Gasteiger partial charge in [-0.25, -0.2) is 4.79 Å². The smallest absolute Gasteiger partial charge is 0.351 e. The van der Waals surface area contributed by atoms with Crippen molar-refractivity contribution in [2.75, 3.05) is 12.3 Å². The normalized spacial score (nSPS) is 31.7. The molecule has 0 spiro atoms. The first kappa shape index (κ1) is 16.4. The summed E-state index contributed by atoms with van der Waals surface area (Å²) in [5.74, 6) is -0.454. The van der Waals surface area contributed by atoms with Crippen LogP contribution in [0.4, 0.5) is 5.82 Å². The summed E-state index contributed by atoms with van der Waals surface area (Å²) in [5, 5.41) is 32.1. The molecule has 0 aliphatic carbocycles. The second-order valence-electron chi connectivity index (χ2n) is 5.00. The lowest BCUT2D eigenvalue weighted by molar-refractivity contribution is -0.220. The molecule has 0 saturated carbocycles. The van der Waals surface area contributed by atoms with Crippen LogP contribution in [0.2, 0.25) is 0 Å². The Hall–Kier alpha value is -2.01. The van der Waals surface area contributed by atoms with Crippen molar-refractivity contribution in [3.8, 4) is 0 Å². The van der Waals surface area contributed by atoms with Crippen LogP contribution in [0, 0.1) is 0 Å². The van der Waals surface area contributed by atoms with Crippen LogP contribution in [-0.2, 0) is 9.53 Å². The molecule has 1 fully saturated rings. The van der Waals surface area contributed by atoms with Crippen LogP contribution in [0.15, 0.2) is 17.1 Å². The van der Waals surface area contributed by atoms with Gasteiger partial charge in [0, 0.05) is 13.1 Å². The van der Waals surface area contributed by atoms with Crippen LogP contribution < -0.4 is 16.7 Å². The third-order valence-electron chi connectivity index (χ3n) is 3.40. The van der Waals surface area contributed by atoms with Gasteiger partial charge in [-0.2, -0.15) is 4.98 Å². The van der Waals surface area contributed by atoms with Crippen molar-refractivity contribution in [3.63, 3.8) is 0 Å². The molecule has 0 aromatic carbocycles. The quantitative estimate of drug-likeness (QED) is 0.393. The molecular weight excluding hydrogens is 296 g/mol.